The highest BCUT2D eigenvalue weighted by Gasteiger charge is 2.20. The number of hydroxylamine groups is 2. The standard InChI is InChI=1S/C22H25NO6/c1-16-9-11-18(12-10-16)14-28-23(29-17(2)24)13-19-7-5-6-8-20(19)21(15-26-3)22(25)27-4/h5-12,15H,13-14H2,1-4H3/b21-15+. The summed E-state index contributed by atoms with van der Waals surface area (Å²) in [4.78, 5) is 34.6. The van der Waals surface area contributed by atoms with Crippen LogP contribution in [0, 0.1) is 6.92 Å². The second-order valence-corrected chi connectivity index (χ2v) is 6.25. The van der Waals surface area contributed by atoms with Gasteiger partial charge in [0.05, 0.1) is 33.6 Å². The van der Waals surface area contributed by atoms with Crippen molar-refractivity contribution in [3.63, 3.8) is 0 Å². The van der Waals surface area contributed by atoms with Crippen LogP contribution in [-0.2, 0) is 41.9 Å². The number of esters is 1. The number of carbonyl (C=O) groups excluding carboxylic acids is 2. The molecular weight excluding hydrogens is 374 g/mol. The van der Waals surface area contributed by atoms with E-state index in [2.05, 4.69) is 0 Å². The fourth-order valence-electron chi connectivity index (χ4n) is 2.59. The highest BCUT2D eigenvalue weighted by molar-refractivity contribution is 6.16. The highest BCUT2D eigenvalue weighted by Crippen LogP contribution is 2.23. The van der Waals surface area contributed by atoms with Crippen LogP contribution >= 0.6 is 0 Å². The molecule has 154 valence electrons. The van der Waals surface area contributed by atoms with Crippen molar-refractivity contribution >= 4 is 17.5 Å². The van der Waals surface area contributed by atoms with Crippen molar-refractivity contribution in [3.05, 3.63) is 77.0 Å². The maximum absolute atomic E-state index is 12.2. The molecule has 0 heterocycles. The maximum Gasteiger partial charge on any atom is 0.341 e. The maximum atomic E-state index is 12.2. The summed E-state index contributed by atoms with van der Waals surface area (Å²) in [5, 5.41) is 1.10. The van der Waals surface area contributed by atoms with E-state index in [4.69, 9.17) is 19.1 Å². The van der Waals surface area contributed by atoms with Crippen LogP contribution in [0.3, 0.4) is 0 Å². The van der Waals surface area contributed by atoms with Gasteiger partial charge in [-0.2, -0.15) is 0 Å². The van der Waals surface area contributed by atoms with E-state index in [1.807, 2.05) is 37.3 Å². The van der Waals surface area contributed by atoms with Gasteiger partial charge in [-0.1, -0.05) is 54.1 Å². The number of hydrogen-bond acceptors (Lipinski definition) is 7. The Morgan fingerprint density at radius 3 is 2.34 bits per heavy atom. The largest absolute Gasteiger partial charge is 0.503 e. The van der Waals surface area contributed by atoms with E-state index in [1.165, 1.54) is 27.4 Å². The predicted molar refractivity (Wildman–Crippen MR) is 107 cm³/mol. The van der Waals surface area contributed by atoms with Crippen LogP contribution in [-0.4, -0.2) is 31.4 Å². The highest BCUT2D eigenvalue weighted by atomic mass is 17.0. The van der Waals surface area contributed by atoms with E-state index in [9.17, 15) is 9.59 Å². The predicted octanol–water partition coefficient (Wildman–Crippen LogP) is 3.57. The smallest absolute Gasteiger partial charge is 0.341 e. The van der Waals surface area contributed by atoms with E-state index in [-0.39, 0.29) is 18.7 Å². The summed E-state index contributed by atoms with van der Waals surface area (Å²) in [6, 6.07) is 15.0. The van der Waals surface area contributed by atoms with Crippen molar-refractivity contribution in [1.29, 1.82) is 0 Å². The molecule has 0 atom stereocenters. The van der Waals surface area contributed by atoms with Crippen molar-refractivity contribution in [2.24, 2.45) is 0 Å². The zero-order valence-electron chi connectivity index (χ0n) is 17.0. The summed E-state index contributed by atoms with van der Waals surface area (Å²) in [6.45, 7) is 3.60. The van der Waals surface area contributed by atoms with Crippen molar-refractivity contribution in [2.45, 2.75) is 27.0 Å². The van der Waals surface area contributed by atoms with Gasteiger partial charge in [0.25, 0.3) is 0 Å². The van der Waals surface area contributed by atoms with Gasteiger partial charge in [-0.05, 0) is 28.8 Å². The molecule has 0 saturated carbocycles. The second-order valence-electron chi connectivity index (χ2n) is 6.25. The molecule has 0 fully saturated rings. The van der Waals surface area contributed by atoms with Crippen molar-refractivity contribution in [3.8, 4) is 0 Å². The lowest BCUT2D eigenvalue weighted by Gasteiger charge is -2.21. The molecule has 0 aliphatic heterocycles. The third-order valence-electron chi connectivity index (χ3n) is 3.97. The van der Waals surface area contributed by atoms with Gasteiger partial charge in [0.15, 0.2) is 0 Å². The first-order valence-corrected chi connectivity index (χ1v) is 8.98. The molecule has 0 aliphatic rings. The quantitative estimate of drug-likeness (QED) is 0.276. The number of benzene rings is 2. The number of ether oxygens (including phenoxy) is 2. The molecule has 29 heavy (non-hydrogen) atoms. The molecule has 0 N–H and O–H groups in total. The van der Waals surface area contributed by atoms with Crippen LogP contribution in [0.4, 0.5) is 0 Å². The van der Waals surface area contributed by atoms with Crippen molar-refractivity contribution < 1.29 is 28.7 Å². The number of aryl methyl sites for hydroxylation is 1. The van der Waals surface area contributed by atoms with Gasteiger partial charge < -0.3 is 14.3 Å². The summed E-state index contributed by atoms with van der Waals surface area (Å²) in [6.07, 6.45) is 1.31. The van der Waals surface area contributed by atoms with Crippen LogP contribution in [0.25, 0.3) is 5.57 Å². The van der Waals surface area contributed by atoms with Crippen LogP contribution in [0.5, 0.6) is 0 Å². The molecule has 2 aromatic carbocycles. The third-order valence-corrected chi connectivity index (χ3v) is 3.97. The third kappa shape index (κ3) is 6.74. The lowest BCUT2D eigenvalue weighted by molar-refractivity contribution is -0.357. The van der Waals surface area contributed by atoms with E-state index in [0.717, 1.165) is 16.4 Å². The number of carbonyl (C=O) groups is 2. The average molecular weight is 399 g/mol. The Morgan fingerprint density at radius 1 is 1.03 bits per heavy atom. The minimum absolute atomic E-state index is 0.0969. The van der Waals surface area contributed by atoms with E-state index in [1.54, 1.807) is 18.2 Å². The lowest BCUT2D eigenvalue weighted by Crippen LogP contribution is -2.27. The average Bonchev–Trinajstić information content (AvgIpc) is 2.71. The van der Waals surface area contributed by atoms with E-state index >= 15 is 0 Å². The molecule has 0 aromatic heterocycles. The van der Waals surface area contributed by atoms with Gasteiger partial charge in [0.2, 0.25) is 0 Å². The van der Waals surface area contributed by atoms with Crippen LogP contribution in [0.1, 0.15) is 29.2 Å². The number of hydrogen-bond donors (Lipinski definition) is 0. The topological polar surface area (TPSA) is 74.3 Å². The minimum atomic E-state index is -0.543. The van der Waals surface area contributed by atoms with Crippen LogP contribution in [0.2, 0.25) is 0 Å². The first-order chi connectivity index (χ1) is 13.9. The molecule has 0 saturated heterocycles. The molecule has 0 aliphatic carbocycles. The minimum Gasteiger partial charge on any atom is -0.503 e. The van der Waals surface area contributed by atoms with Gasteiger partial charge in [0.1, 0.15) is 5.57 Å². The molecule has 2 aromatic rings. The summed E-state index contributed by atoms with van der Waals surface area (Å²) in [7, 11) is 2.74. The normalized spacial score (nSPS) is 11.3. The first kappa shape index (κ1) is 22.1. The Bertz CT molecular complexity index is 860. The second kappa shape index (κ2) is 11.0. The SMILES string of the molecule is CO/C=C(/C(=O)OC)c1ccccc1CN(OCc1ccc(C)cc1)OC(C)=O. The van der Waals surface area contributed by atoms with Gasteiger partial charge in [-0.25, -0.2) is 4.79 Å². The lowest BCUT2D eigenvalue weighted by atomic mass is 10.0. The molecule has 7 heteroatoms. The van der Waals surface area contributed by atoms with Gasteiger partial charge in [0, 0.05) is 6.92 Å². The fourth-order valence-corrected chi connectivity index (χ4v) is 2.59. The fraction of sp³-hybridized carbons (Fsp3) is 0.273. The molecular formula is C22H25NO6. The summed E-state index contributed by atoms with van der Waals surface area (Å²) in [5.41, 5.74) is 3.57. The van der Waals surface area contributed by atoms with Crippen LogP contribution in [0.15, 0.2) is 54.8 Å². The molecule has 0 amide bonds. The van der Waals surface area contributed by atoms with Crippen molar-refractivity contribution in [1.82, 2.24) is 5.23 Å². The Kier molecular flexibility index (Phi) is 8.39. The summed E-state index contributed by atoms with van der Waals surface area (Å²) >= 11 is 0. The van der Waals surface area contributed by atoms with Crippen molar-refractivity contribution in [2.75, 3.05) is 14.2 Å². The molecule has 0 spiro atoms. The van der Waals surface area contributed by atoms with E-state index in [0.29, 0.717) is 11.1 Å². The van der Waals surface area contributed by atoms with Gasteiger partial charge in [-0.3, -0.25) is 9.63 Å². The molecule has 0 radical (unpaired) electrons. The first-order valence-electron chi connectivity index (χ1n) is 8.98. The molecule has 7 nitrogen and oxygen atoms in total. The number of methoxy groups -OCH3 is 2. The number of rotatable bonds is 9. The zero-order chi connectivity index (χ0) is 21.2. The molecule has 2 rings (SSSR count). The molecule has 0 unspecified atom stereocenters. The van der Waals surface area contributed by atoms with Crippen LogP contribution < -0.4 is 0 Å². The number of nitrogens with zero attached hydrogens (tertiary/aromatic N) is 1. The Morgan fingerprint density at radius 2 is 1.72 bits per heavy atom. The Labute approximate surface area is 170 Å². The van der Waals surface area contributed by atoms with Gasteiger partial charge >= 0.3 is 11.9 Å². The van der Waals surface area contributed by atoms with Gasteiger partial charge in [-0.15, -0.1) is 0 Å². The monoisotopic (exact) mass is 399 g/mol. The summed E-state index contributed by atoms with van der Waals surface area (Å²) < 4.78 is 9.87. The Hall–Kier alpha value is -3.16. The zero-order valence-corrected chi connectivity index (χ0v) is 17.0. The Balaban J connectivity index is 2.24. The summed E-state index contributed by atoms with van der Waals surface area (Å²) in [5.74, 6) is -1.06. The van der Waals surface area contributed by atoms with E-state index < -0.39 is 11.9 Å². The molecule has 0 bridgehead atoms.